The van der Waals surface area contributed by atoms with Crippen LogP contribution in [0.4, 0.5) is 11.5 Å². The maximum absolute atomic E-state index is 12.3. The van der Waals surface area contributed by atoms with Crippen molar-refractivity contribution in [3.63, 3.8) is 0 Å². The second-order valence-corrected chi connectivity index (χ2v) is 6.49. The number of amides is 1. The number of hydrogen-bond donors (Lipinski definition) is 1. The Morgan fingerprint density at radius 3 is 2.54 bits per heavy atom. The van der Waals surface area contributed by atoms with Crippen molar-refractivity contribution in [2.45, 2.75) is 19.8 Å². The normalized spacial score (nSPS) is 16.8. The van der Waals surface area contributed by atoms with E-state index in [2.05, 4.69) is 32.1 Å². The molecule has 0 bridgehead atoms. The van der Waals surface area contributed by atoms with Gasteiger partial charge in [-0.05, 0) is 55.2 Å². The number of ether oxygens (including phenoxy) is 1. The molecule has 1 aromatic carbocycles. The van der Waals surface area contributed by atoms with Crippen molar-refractivity contribution in [3.05, 3.63) is 47.7 Å². The van der Waals surface area contributed by atoms with Crippen LogP contribution in [-0.4, -0.2) is 42.3 Å². The summed E-state index contributed by atoms with van der Waals surface area (Å²) in [4.78, 5) is 25.9. The highest BCUT2D eigenvalue weighted by Crippen LogP contribution is 2.20. The fourth-order valence-corrected chi connectivity index (χ4v) is 3.02. The van der Waals surface area contributed by atoms with E-state index in [0.29, 0.717) is 17.2 Å². The van der Waals surface area contributed by atoms with E-state index in [1.165, 1.54) is 13.5 Å². The summed E-state index contributed by atoms with van der Waals surface area (Å²) >= 11 is 0. The van der Waals surface area contributed by atoms with Crippen LogP contribution in [0.15, 0.2) is 36.4 Å². The molecule has 0 spiro atoms. The van der Waals surface area contributed by atoms with Crippen molar-refractivity contribution in [1.29, 1.82) is 0 Å². The van der Waals surface area contributed by atoms with Gasteiger partial charge < -0.3 is 15.0 Å². The third-order valence-corrected chi connectivity index (χ3v) is 4.43. The summed E-state index contributed by atoms with van der Waals surface area (Å²) in [5.74, 6) is 0.676. The SMILES string of the molecule is COC(=O)c1ccc(NC(=O)c2ccc(N3CCCC(C)C3)nn2)cc1. The Labute approximate surface area is 152 Å². The average molecular weight is 354 g/mol. The van der Waals surface area contributed by atoms with Crippen LogP contribution in [0.2, 0.25) is 0 Å². The van der Waals surface area contributed by atoms with Crippen LogP contribution in [0.1, 0.15) is 40.6 Å². The molecule has 1 atom stereocenters. The van der Waals surface area contributed by atoms with Gasteiger partial charge in [-0.1, -0.05) is 6.92 Å². The zero-order valence-electron chi connectivity index (χ0n) is 14.9. The van der Waals surface area contributed by atoms with Gasteiger partial charge in [0.2, 0.25) is 0 Å². The van der Waals surface area contributed by atoms with E-state index >= 15 is 0 Å². The van der Waals surface area contributed by atoms with Crippen molar-refractivity contribution in [2.24, 2.45) is 5.92 Å². The lowest BCUT2D eigenvalue weighted by Crippen LogP contribution is -2.35. The smallest absolute Gasteiger partial charge is 0.337 e. The number of methoxy groups -OCH3 is 1. The molecule has 0 radical (unpaired) electrons. The van der Waals surface area contributed by atoms with Crippen LogP contribution in [0.3, 0.4) is 0 Å². The molecule has 1 amide bonds. The summed E-state index contributed by atoms with van der Waals surface area (Å²) in [5.41, 5.74) is 1.24. The van der Waals surface area contributed by atoms with Gasteiger partial charge in [0, 0.05) is 18.8 Å². The summed E-state index contributed by atoms with van der Waals surface area (Å²) < 4.78 is 4.65. The van der Waals surface area contributed by atoms with Gasteiger partial charge in [-0.25, -0.2) is 4.79 Å². The van der Waals surface area contributed by atoms with Gasteiger partial charge in [-0.2, -0.15) is 0 Å². The quantitative estimate of drug-likeness (QED) is 0.850. The van der Waals surface area contributed by atoms with Gasteiger partial charge in [-0.3, -0.25) is 4.79 Å². The second-order valence-electron chi connectivity index (χ2n) is 6.49. The van der Waals surface area contributed by atoms with E-state index in [1.54, 1.807) is 30.3 Å². The Kier molecular flexibility index (Phi) is 5.46. The molecule has 1 unspecified atom stereocenters. The zero-order valence-corrected chi connectivity index (χ0v) is 14.9. The van der Waals surface area contributed by atoms with Crippen LogP contribution >= 0.6 is 0 Å². The lowest BCUT2D eigenvalue weighted by Gasteiger charge is -2.31. The first kappa shape index (κ1) is 17.8. The van der Waals surface area contributed by atoms with E-state index in [1.807, 2.05) is 6.07 Å². The summed E-state index contributed by atoms with van der Waals surface area (Å²) in [6, 6.07) is 9.98. The van der Waals surface area contributed by atoms with Crippen LogP contribution in [-0.2, 0) is 4.74 Å². The summed E-state index contributed by atoms with van der Waals surface area (Å²) in [6.07, 6.45) is 2.38. The van der Waals surface area contributed by atoms with Gasteiger partial charge in [0.15, 0.2) is 11.5 Å². The molecular weight excluding hydrogens is 332 g/mol. The number of esters is 1. The minimum Gasteiger partial charge on any atom is -0.465 e. The molecule has 2 heterocycles. The Bertz CT molecular complexity index is 774. The number of piperidine rings is 1. The average Bonchev–Trinajstić information content (AvgIpc) is 2.68. The molecular formula is C19H22N4O3. The molecule has 0 aliphatic carbocycles. The number of nitrogens with one attached hydrogen (secondary N) is 1. The molecule has 1 N–H and O–H groups in total. The number of anilines is 2. The summed E-state index contributed by atoms with van der Waals surface area (Å²) in [7, 11) is 1.32. The molecule has 136 valence electrons. The standard InChI is InChI=1S/C19H22N4O3/c1-13-4-3-11-23(12-13)17-10-9-16(21-22-17)18(24)20-15-7-5-14(6-8-15)19(25)26-2/h5-10,13H,3-4,11-12H2,1-2H3,(H,20,24). The number of carbonyl (C=O) groups excluding carboxylic acids is 2. The molecule has 1 aliphatic rings. The third kappa shape index (κ3) is 4.17. The minimum atomic E-state index is -0.420. The Balaban J connectivity index is 1.63. The molecule has 2 aromatic rings. The minimum absolute atomic E-state index is 0.246. The lowest BCUT2D eigenvalue weighted by atomic mass is 10.0. The van der Waals surface area contributed by atoms with Crippen molar-refractivity contribution in [2.75, 3.05) is 30.4 Å². The predicted octanol–water partition coefficient (Wildman–Crippen LogP) is 2.75. The van der Waals surface area contributed by atoms with E-state index in [0.717, 1.165) is 25.3 Å². The fourth-order valence-electron chi connectivity index (χ4n) is 3.02. The lowest BCUT2D eigenvalue weighted by molar-refractivity contribution is 0.0600. The Morgan fingerprint density at radius 2 is 1.92 bits per heavy atom. The molecule has 1 saturated heterocycles. The van der Waals surface area contributed by atoms with Crippen LogP contribution < -0.4 is 10.2 Å². The maximum Gasteiger partial charge on any atom is 0.337 e. The number of benzene rings is 1. The highest BCUT2D eigenvalue weighted by atomic mass is 16.5. The Morgan fingerprint density at radius 1 is 1.15 bits per heavy atom. The third-order valence-electron chi connectivity index (χ3n) is 4.43. The molecule has 3 rings (SSSR count). The zero-order chi connectivity index (χ0) is 18.5. The van der Waals surface area contributed by atoms with Crippen molar-refractivity contribution < 1.29 is 14.3 Å². The monoisotopic (exact) mass is 354 g/mol. The molecule has 1 fully saturated rings. The molecule has 7 heteroatoms. The number of rotatable bonds is 4. The van der Waals surface area contributed by atoms with E-state index < -0.39 is 5.97 Å². The van der Waals surface area contributed by atoms with Crippen molar-refractivity contribution in [1.82, 2.24) is 10.2 Å². The highest BCUT2D eigenvalue weighted by Gasteiger charge is 2.18. The first-order chi connectivity index (χ1) is 12.6. The van der Waals surface area contributed by atoms with E-state index in [4.69, 9.17) is 0 Å². The molecule has 1 aliphatic heterocycles. The largest absolute Gasteiger partial charge is 0.465 e. The van der Waals surface area contributed by atoms with Crippen molar-refractivity contribution >= 4 is 23.4 Å². The number of carbonyl (C=O) groups is 2. The molecule has 0 saturated carbocycles. The topological polar surface area (TPSA) is 84.4 Å². The van der Waals surface area contributed by atoms with Crippen LogP contribution in [0, 0.1) is 5.92 Å². The first-order valence-electron chi connectivity index (χ1n) is 8.65. The molecule has 1 aromatic heterocycles. The van der Waals surface area contributed by atoms with Crippen LogP contribution in [0.5, 0.6) is 0 Å². The predicted molar refractivity (Wildman–Crippen MR) is 98.4 cm³/mol. The first-order valence-corrected chi connectivity index (χ1v) is 8.65. The summed E-state index contributed by atoms with van der Waals surface area (Å²) in [5, 5.41) is 11.0. The van der Waals surface area contributed by atoms with Crippen molar-refractivity contribution in [3.8, 4) is 0 Å². The van der Waals surface area contributed by atoms with E-state index in [-0.39, 0.29) is 11.6 Å². The van der Waals surface area contributed by atoms with Gasteiger partial charge >= 0.3 is 5.97 Å². The molecule has 7 nitrogen and oxygen atoms in total. The van der Waals surface area contributed by atoms with Gasteiger partial charge in [0.1, 0.15) is 0 Å². The number of nitrogens with zero attached hydrogens (tertiary/aromatic N) is 3. The Hall–Kier alpha value is -2.96. The fraction of sp³-hybridized carbons (Fsp3) is 0.368. The second kappa shape index (κ2) is 7.95. The van der Waals surface area contributed by atoms with Gasteiger partial charge in [0.05, 0.1) is 12.7 Å². The highest BCUT2D eigenvalue weighted by molar-refractivity contribution is 6.03. The van der Waals surface area contributed by atoms with Crippen LogP contribution in [0.25, 0.3) is 0 Å². The van der Waals surface area contributed by atoms with E-state index in [9.17, 15) is 9.59 Å². The summed E-state index contributed by atoms with van der Waals surface area (Å²) in [6.45, 7) is 4.16. The van der Waals surface area contributed by atoms with Gasteiger partial charge in [0.25, 0.3) is 5.91 Å². The maximum atomic E-state index is 12.3. The number of aromatic nitrogens is 2. The number of hydrogen-bond acceptors (Lipinski definition) is 6. The van der Waals surface area contributed by atoms with Gasteiger partial charge in [-0.15, -0.1) is 10.2 Å². The molecule has 26 heavy (non-hydrogen) atoms.